The molecule has 8 heteroatoms. The number of aliphatic hydroxyl groups is 1. The molecule has 0 radical (unpaired) electrons. The highest BCUT2D eigenvalue weighted by molar-refractivity contribution is 7.13. The minimum atomic E-state index is -4.42. The van der Waals surface area contributed by atoms with Crippen LogP contribution in [0.4, 0.5) is 13.2 Å². The van der Waals surface area contributed by atoms with E-state index in [1.54, 1.807) is 6.92 Å². The van der Waals surface area contributed by atoms with Gasteiger partial charge in [0.15, 0.2) is 0 Å². The first-order chi connectivity index (χ1) is 10.8. The van der Waals surface area contributed by atoms with E-state index in [0.717, 1.165) is 23.5 Å². The minimum absolute atomic E-state index is 0.0488. The first-order valence-electron chi connectivity index (χ1n) is 6.83. The molecule has 1 aromatic heterocycles. The number of halogens is 3. The van der Waals surface area contributed by atoms with E-state index >= 15 is 0 Å². The van der Waals surface area contributed by atoms with Crippen LogP contribution in [0.25, 0.3) is 10.6 Å². The monoisotopic (exact) mass is 344 g/mol. The van der Waals surface area contributed by atoms with Crippen LogP contribution in [-0.4, -0.2) is 29.1 Å². The molecule has 0 aliphatic heterocycles. The van der Waals surface area contributed by atoms with E-state index in [0.29, 0.717) is 17.1 Å². The van der Waals surface area contributed by atoms with Crippen LogP contribution >= 0.6 is 11.3 Å². The quantitative estimate of drug-likeness (QED) is 0.876. The van der Waals surface area contributed by atoms with Crippen molar-refractivity contribution in [1.82, 2.24) is 10.3 Å². The topological polar surface area (TPSA) is 62.2 Å². The number of nitrogens with one attached hydrogen (secondary N) is 1. The van der Waals surface area contributed by atoms with Gasteiger partial charge in [-0.15, -0.1) is 11.3 Å². The molecule has 4 nitrogen and oxygen atoms in total. The maximum absolute atomic E-state index is 12.7. The van der Waals surface area contributed by atoms with Crippen LogP contribution in [0, 0.1) is 5.92 Å². The fraction of sp³-hybridized carbons (Fsp3) is 0.333. The number of carbonyl (C=O) groups is 1. The van der Waals surface area contributed by atoms with E-state index in [4.69, 9.17) is 5.11 Å². The van der Waals surface area contributed by atoms with Crippen molar-refractivity contribution >= 4 is 17.2 Å². The number of nitrogens with zero attached hydrogens (tertiary/aromatic N) is 1. The van der Waals surface area contributed by atoms with Gasteiger partial charge >= 0.3 is 6.18 Å². The molecule has 1 heterocycles. The van der Waals surface area contributed by atoms with Gasteiger partial charge in [0.1, 0.15) is 10.7 Å². The van der Waals surface area contributed by atoms with Gasteiger partial charge in [0, 0.05) is 24.1 Å². The van der Waals surface area contributed by atoms with Crippen molar-refractivity contribution in [2.75, 3.05) is 13.2 Å². The molecule has 0 fully saturated rings. The molecule has 124 valence electrons. The predicted molar refractivity (Wildman–Crippen MR) is 81.1 cm³/mol. The summed E-state index contributed by atoms with van der Waals surface area (Å²) >= 11 is 1.10. The van der Waals surface area contributed by atoms with Gasteiger partial charge in [-0.25, -0.2) is 4.98 Å². The second kappa shape index (κ2) is 7.10. The molecule has 2 rings (SSSR count). The Bertz CT molecular complexity index is 685. The molecule has 2 N–H and O–H groups in total. The summed E-state index contributed by atoms with van der Waals surface area (Å²) in [6.07, 6.45) is -4.42. The fourth-order valence-electron chi connectivity index (χ4n) is 1.76. The summed E-state index contributed by atoms with van der Waals surface area (Å²) in [5.41, 5.74) is -0.298. The van der Waals surface area contributed by atoms with E-state index in [9.17, 15) is 18.0 Å². The van der Waals surface area contributed by atoms with Crippen molar-refractivity contribution in [1.29, 1.82) is 0 Å². The normalized spacial score (nSPS) is 12.9. The molecule has 1 atom stereocenters. The van der Waals surface area contributed by atoms with Crippen LogP contribution in [-0.2, 0) is 6.18 Å². The number of alkyl halides is 3. The Morgan fingerprint density at radius 3 is 2.83 bits per heavy atom. The van der Waals surface area contributed by atoms with E-state index in [-0.39, 0.29) is 18.2 Å². The third-order valence-corrected chi connectivity index (χ3v) is 3.99. The van der Waals surface area contributed by atoms with Gasteiger partial charge in [-0.3, -0.25) is 4.79 Å². The number of rotatable bonds is 5. The second-order valence-corrected chi connectivity index (χ2v) is 5.97. The average molecular weight is 344 g/mol. The number of carbonyl (C=O) groups excluding carboxylic acids is 1. The van der Waals surface area contributed by atoms with Gasteiger partial charge < -0.3 is 10.4 Å². The van der Waals surface area contributed by atoms with E-state index < -0.39 is 17.6 Å². The number of benzene rings is 1. The maximum Gasteiger partial charge on any atom is 0.416 e. The van der Waals surface area contributed by atoms with Gasteiger partial charge in [0.05, 0.1) is 5.56 Å². The molecule has 1 aromatic carbocycles. The lowest BCUT2D eigenvalue weighted by atomic mass is 10.1. The number of thiazole rings is 1. The first kappa shape index (κ1) is 17.4. The Hall–Kier alpha value is -1.93. The number of hydrogen-bond acceptors (Lipinski definition) is 4. The van der Waals surface area contributed by atoms with Crippen molar-refractivity contribution in [2.45, 2.75) is 13.1 Å². The molecule has 0 spiro atoms. The lowest BCUT2D eigenvalue weighted by molar-refractivity contribution is -0.137. The molecule has 2 aromatic rings. The van der Waals surface area contributed by atoms with Gasteiger partial charge in [0.2, 0.25) is 0 Å². The Balaban J connectivity index is 2.15. The summed E-state index contributed by atoms with van der Waals surface area (Å²) in [6, 6.07) is 4.82. The molecule has 0 bridgehead atoms. The largest absolute Gasteiger partial charge is 0.416 e. The lowest BCUT2D eigenvalue weighted by Crippen LogP contribution is -2.29. The molecule has 0 saturated heterocycles. The molecular formula is C15H15F3N2O2S. The number of hydrogen-bond donors (Lipinski definition) is 2. The average Bonchev–Trinajstić information content (AvgIpc) is 3.01. The number of aliphatic hydroxyl groups excluding tert-OH is 1. The number of aromatic nitrogens is 1. The molecule has 0 aliphatic rings. The highest BCUT2D eigenvalue weighted by Crippen LogP contribution is 2.33. The zero-order valence-corrected chi connectivity index (χ0v) is 13.0. The van der Waals surface area contributed by atoms with Crippen molar-refractivity contribution < 1.29 is 23.1 Å². The lowest BCUT2D eigenvalue weighted by Gasteiger charge is -2.08. The van der Waals surface area contributed by atoms with E-state index in [1.807, 2.05) is 0 Å². The summed E-state index contributed by atoms with van der Waals surface area (Å²) in [4.78, 5) is 16.0. The summed E-state index contributed by atoms with van der Waals surface area (Å²) in [7, 11) is 0. The SMILES string of the molecule is CC(CO)CNC(=O)c1csc(-c2cccc(C(F)(F)F)c2)n1. The molecule has 1 amide bonds. The zero-order valence-electron chi connectivity index (χ0n) is 12.2. The summed E-state index contributed by atoms with van der Waals surface area (Å²) < 4.78 is 38.2. The Kier molecular flexibility index (Phi) is 5.38. The smallest absolute Gasteiger partial charge is 0.396 e. The van der Waals surface area contributed by atoms with Crippen LogP contribution < -0.4 is 5.32 Å². The minimum Gasteiger partial charge on any atom is -0.396 e. The summed E-state index contributed by atoms with van der Waals surface area (Å²) in [6.45, 7) is 2.02. The van der Waals surface area contributed by atoms with Gasteiger partial charge in [-0.2, -0.15) is 13.2 Å². The van der Waals surface area contributed by atoms with Crippen LogP contribution in [0.2, 0.25) is 0 Å². The third-order valence-electron chi connectivity index (χ3n) is 3.10. The predicted octanol–water partition coefficient (Wildman–Crippen LogP) is 3.19. The van der Waals surface area contributed by atoms with Gasteiger partial charge in [-0.1, -0.05) is 19.1 Å². The molecule has 0 saturated carbocycles. The van der Waals surface area contributed by atoms with Crippen molar-refractivity contribution in [3.63, 3.8) is 0 Å². The maximum atomic E-state index is 12.7. The standard InChI is InChI=1S/C15H15F3N2O2S/c1-9(7-21)6-19-13(22)12-8-23-14(20-12)10-3-2-4-11(5-10)15(16,17)18/h2-5,8-9,21H,6-7H2,1H3,(H,19,22). The van der Waals surface area contributed by atoms with Crippen LogP contribution in [0.5, 0.6) is 0 Å². The van der Waals surface area contributed by atoms with Crippen LogP contribution in [0.1, 0.15) is 23.0 Å². The Morgan fingerprint density at radius 2 is 2.17 bits per heavy atom. The van der Waals surface area contributed by atoms with Crippen LogP contribution in [0.3, 0.4) is 0 Å². The van der Waals surface area contributed by atoms with Crippen molar-refractivity contribution in [3.8, 4) is 10.6 Å². The van der Waals surface area contributed by atoms with Crippen molar-refractivity contribution in [3.05, 3.63) is 40.9 Å². The summed E-state index contributed by atoms with van der Waals surface area (Å²) in [5, 5.41) is 13.4. The Morgan fingerprint density at radius 1 is 1.43 bits per heavy atom. The zero-order chi connectivity index (χ0) is 17.0. The number of amides is 1. The van der Waals surface area contributed by atoms with Crippen LogP contribution in [0.15, 0.2) is 29.6 Å². The summed E-state index contributed by atoms with van der Waals surface area (Å²) in [5.74, 6) is -0.500. The highest BCUT2D eigenvalue weighted by atomic mass is 32.1. The molecule has 23 heavy (non-hydrogen) atoms. The fourth-order valence-corrected chi connectivity index (χ4v) is 2.56. The van der Waals surface area contributed by atoms with E-state index in [2.05, 4.69) is 10.3 Å². The molecule has 0 aliphatic carbocycles. The van der Waals surface area contributed by atoms with Gasteiger partial charge in [0.25, 0.3) is 5.91 Å². The Labute approximate surface area is 135 Å². The van der Waals surface area contributed by atoms with E-state index in [1.165, 1.54) is 17.5 Å². The van der Waals surface area contributed by atoms with Gasteiger partial charge in [-0.05, 0) is 18.1 Å². The molecular weight excluding hydrogens is 329 g/mol. The third kappa shape index (κ3) is 4.52. The highest BCUT2D eigenvalue weighted by Gasteiger charge is 2.30. The second-order valence-electron chi connectivity index (χ2n) is 5.11. The van der Waals surface area contributed by atoms with Crippen molar-refractivity contribution in [2.24, 2.45) is 5.92 Å². The first-order valence-corrected chi connectivity index (χ1v) is 7.71. The molecule has 1 unspecified atom stereocenters.